The molecule has 0 saturated heterocycles. The number of aliphatic hydroxyl groups excluding tert-OH is 1. The number of halogens is 3. The topological polar surface area (TPSA) is 57.6 Å². The number of rotatable bonds is 6. The van der Waals surface area contributed by atoms with Crippen molar-refractivity contribution in [3.63, 3.8) is 0 Å². The fourth-order valence-corrected chi connectivity index (χ4v) is 3.98. The van der Waals surface area contributed by atoms with E-state index in [1.807, 2.05) is 0 Å². The molecule has 0 aromatic heterocycles. The van der Waals surface area contributed by atoms with Crippen molar-refractivity contribution in [2.75, 3.05) is 13.2 Å². The van der Waals surface area contributed by atoms with Gasteiger partial charge in [-0.3, -0.25) is 0 Å². The minimum Gasteiger partial charge on any atom is -0.396 e. The van der Waals surface area contributed by atoms with Crippen molar-refractivity contribution in [1.82, 2.24) is 4.31 Å². The molecule has 0 heterocycles. The van der Waals surface area contributed by atoms with Gasteiger partial charge in [0.25, 0.3) is 0 Å². The molecule has 1 aromatic carbocycles. The highest BCUT2D eigenvalue weighted by molar-refractivity contribution is 7.89. The third-order valence-corrected chi connectivity index (χ3v) is 5.24. The van der Waals surface area contributed by atoms with Gasteiger partial charge in [-0.05, 0) is 32.4 Å². The molecule has 0 aliphatic rings. The van der Waals surface area contributed by atoms with E-state index in [0.29, 0.717) is 0 Å². The summed E-state index contributed by atoms with van der Waals surface area (Å²) in [6.07, 6.45) is 0.186. The average Bonchev–Trinajstić information content (AvgIpc) is 2.34. The van der Waals surface area contributed by atoms with Crippen LogP contribution in [0.5, 0.6) is 0 Å². The highest BCUT2D eigenvalue weighted by Gasteiger charge is 2.32. The van der Waals surface area contributed by atoms with Crippen molar-refractivity contribution in [3.8, 4) is 0 Å². The number of sulfonamides is 1. The Morgan fingerprint density at radius 2 is 1.95 bits per heavy atom. The lowest BCUT2D eigenvalue weighted by molar-refractivity contribution is 0.258. The quantitative estimate of drug-likeness (QED) is 0.816. The third-order valence-electron chi connectivity index (χ3n) is 2.68. The molecular formula is C12H16ClF2NO3S. The number of aliphatic hydroxyl groups is 1. The third kappa shape index (κ3) is 3.46. The Kier molecular flexibility index (Phi) is 5.88. The van der Waals surface area contributed by atoms with E-state index in [4.69, 9.17) is 16.7 Å². The lowest BCUT2D eigenvalue weighted by Crippen LogP contribution is -2.38. The van der Waals surface area contributed by atoms with Crippen LogP contribution in [-0.2, 0) is 10.0 Å². The lowest BCUT2D eigenvalue weighted by Gasteiger charge is -2.26. The Morgan fingerprint density at radius 1 is 1.35 bits per heavy atom. The Balaban J connectivity index is 3.37. The summed E-state index contributed by atoms with van der Waals surface area (Å²) in [5.74, 6) is -2.77. The minimum atomic E-state index is -4.28. The van der Waals surface area contributed by atoms with Gasteiger partial charge in [-0.2, -0.15) is 4.31 Å². The van der Waals surface area contributed by atoms with Gasteiger partial charge in [0.05, 0.1) is 5.02 Å². The molecule has 0 unspecified atom stereocenters. The molecule has 0 amide bonds. The zero-order chi connectivity index (χ0) is 15.5. The predicted molar refractivity (Wildman–Crippen MR) is 72.1 cm³/mol. The molecule has 0 radical (unpaired) electrons. The van der Waals surface area contributed by atoms with Gasteiger partial charge in [-0.15, -0.1) is 0 Å². The van der Waals surface area contributed by atoms with Crippen LogP contribution in [0.2, 0.25) is 5.02 Å². The van der Waals surface area contributed by atoms with Crippen molar-refractivity contribution in [2.45, 2.75) is 31.2 Å². The van der Waals surface area contributed by atoms with Crippen molar-refractivity contribution < 1.29 is 22.3 Å². The molecule has 0 aliphatic carbocycles. The molecule has 8 heteroatoms. The minimum absolute atomic E-state index is 0.0111. The number of benzene rings is 1. The summed E-state index contributed by atoms with van der Waals surface area (Å²) in [7, 11) is -4.28. The van der Waals surface area contributed by atoms with E-state index in [2.05, 4.69) is 0 Å². The fraction of sp³-hybridized carbons (Fsp3) is 0.500. The van der Waals surface area contributed by atoms with Gasteiger partial charge in [0.1, 0.15) is 4.90 Å². The Labute approximate surface area is 122 Å². The van der Waals surface area contributed by atoms with Gasteiger partial charge in [0, 0.05) is 19.2 Å². The summed E-state index contributed by atoms with van der Waals surface area (Å²) >= 11 is 5.71. The van der Waals surface area contributed by atoms with E-state index >= 15 is 0 Å². The van der Waals surface area contributed by atoms with Crippen LogP contribution in [0.1, 0.15) is 20.3 Å². The molecule has 20 heavy (non-hydrogen) atoms. The van der Waals surface area contributed by atoms with Crippen LogP contribution in [-0.4, -0.2) is 37.0 Å². The number of hydrogen-bond donors (Lipinski definition) is 1. The van der Waals surface area contributed by atoms with Crippen LogP contribution in [0, 0.1) is 11.6 Å². The van der Waals surface area contributed by atoms with E-state index in [1.165, 1.54) is 0 Å². The Morgan fingerprint density at radius 3 is 2.45 bits per heavy atom. The smallest absolute Gasteiger partial charge is 0.247 e. The largest absolute Gasteiger partial charge is 0.396 e. The zero-order valence-corrected chi connectivity index (χ0v) is 12.7. The van der Waals surface area contributed by atoms with Crippen molar-refractivity contribution in [1.29, 1.82) is 0 Å². The van der Waals surface area contributed by atoms with E-state index in [0.717, 1.165) is 16.4 Å². The average molecular weight is 328 g/mol. The Hall–Kier alpha value is -0.760. The summed E-state index contributed by atoms with van der Waals surface area (Å²) in [5.41, 5.74) is 0. The van der Waals surface area contributed by atoms with Crippen LogP contribution in [0.25, 0.3) is 0 Å². The van der Waals surface area contributed by atoms with Gasteiger partial charge in [0.15, 0.2) is 11.6 Å². The van der Waals surface area contributed by atoms with Gasteiger partial charge < -0.3 is 5.11 Å². The van der Waals surface area contributed by atoms with Crippen molar-refractivity contribution >= 4 is 21.6 Å². The number of hydrogen-bond acceptors (Lipinski definition) is 3. The summed E-state index contributed by atoms with van der Waals surface area (Å²) in [6.45, 7) is 2.97. The molecule has 1 aromatic rings. The van der Waals surface area contributed by atoms with Crippen LogP contribution in [0.15, 0.2) is 17.0 Å². The van der Waals surface area contributed by atoms with E-state index in [9.17, 15) is 17.2 Å². The lowest BCUT2D eigenvalue weighted by atomic mass is 10.3. The molecule has 4 nitrogen and oxygen atoms in total. The molecule has 0 bridgehead atoms. The molecule has 0 aliphatic heterocycles. The molecule has 0 atom stereocenters. The molecule has 114 valence electrons. The first-order chi connectivity index (χ1) is 9.23. The first-order valence-corrected chi connectivity index (χ1v) is 7.81. The zero-order valence-electron chi connectivity index (χ0n) is 11.1. The van der Waals surface area contributed by atoms with Gasteiger partial charge in [-0.25, -0.2) is 17.2 Å². The van der Waals surface area contributed by atoms with E-state index in [1.54, 1.807) is 13.8 Å². The summed E-state index contributed by atoms with van der Waals surface area (Å²) in [4.78, 5) is -0.870. The molecule has 1 rings (SSSR count). The summed E-state index contributed by atoms with van der Waals surface area (Å²) in [5, 5.41) is 8.43. The molecular weight excluding hydrogens is 312 g/mol. The van der Waals surface area contributed by atoms with E-state index in [-0.39, 0.29) is 24.6 Å². The SMILES string of the molecule is CC(C)N(CCCO)S(=O)(=O)c1c(Cl)ccc(F)c1F. The van der Waals surface area contributed by atoms with Crippen molar-refractivity contribution in [3.05, 3.63) is 28.8 Å². The van der Waals surface area contributed by atoms with Crippen LogP contribution in [0.3, 0.4) is 0 Å². The fourth-order valence-electron chi connectivity index (χ4n) is 1.74. The van der Waals surface area contributed by atoms with Gasteiger partial charge >= 0.3 is 0 Å². The maximum absolute atomic E-state index is 13.8. The maximum Gasteiger partial charge on any atom is 0.247 e. The van der Waals surface area contributed by atoms with Crippen molar-refractivity contribution in [2.24, 2.45) is 0 Å². The van der Waals surface area contributed by atoms with Gasteiger partial charge in [0.2, 0.25) is 10.0 Å². The molecule has 0 saturated carbocycles. The monoisotopic (exact) mass is 327 g/mol. The standard InChI is InChI=1S/C12H16ClF2NO3S/c1-8(2)16(6-3-7-17)20(18,19)12-9(13)4-5-10(14)11(12)15/h4-5,8,17H,3,6-7H2,1-2H3. The second kappa shape index (κ2) is 6.80. The van der Waals surface area contributed by atoms with Gasteiger partial charge in [-0.1, -0.05) is 11.6 Å². The number of nitrogens with zero attached hydrogens (tertiary/aromatic N) is 1. The molecule has 1 N–H and O–H groups in total. The van der Waals surface area contributed by atoms with Crippen LogP contribution < -0.4 is 0 Å². The Bertz CT molecular complexity index is 578. The second-order valence-corrected chi connectivity index (χ2v) is 6.69. The molecule has 0 spiro atoms. The first kappa shape index (κ1) is 17.3. The summed E-state index contributed by atoms with van der Waals surface area (Å²) < 4.78 is 52.9. The maximum atomic E-state index is 13.8. The van der Waals surface area contributed by atoms with Crippen LogP contribution in [0.4, 0.5) is 8.78 Å². The highest BCUT2D eigenvalue weighted by Crippen LogP contribution is 2.30. The predicted octanol–water partition coefficient (Wildman–Crippen LogP) is 2.40. The molecule has 0 fully saturated rings. The summed E-state index contributed by atoms with van der Waals surface area (Å²) in [6, 6.07) is 1.28. The first-order valence-electron chi connectivity index (χ1n) is 5.99. The highest BCUT2D eigenvalue weighted by atomic mass is 35.5. The normalized spacial score (nSPS) is 12.4. The van der Waals surface area contributed by atoms with Crippen LogP contribution >= 0.6 is 11.6 Å². The second-order valence-electron chi connectivity index (χ2n) is 4.46. The van der Waals surface area contributed by atoms with E-state index < -0.39 is 32.6 Å².